The highest BCUT2D eigenvalue weighted by molar-refractivity contribution is 8.13. The van der Waals surface area contributed by atoms with E-state index in [0.717, 1.165) is 12.3 Å². The van der Waals surface area contributed by atoms with E-state index in [1.165, 1.54) is 11.8 Å². The lowest BCUT2D eigenvalue weighted by atomic mass is 10.7. The zero-order chi connectivity index (χ0) is 10.4. The van der Waals surface area contributed by atoms with Crippen molar-refractivity contribution in [2.24, 2.45) is 16.5 Å². The molecule has 14 heavy (non-hydrogen) atoms. The minimum Gasteiger partial charge on any atom is -0.370 e. The second-order valence-electron chi connectivity index (χ2n) is 2.49. The second kappa shape index (κ2) is 5.28. The number of thioether (sulfide) groups is 1. The molecular weight excluding hydrogens is 200 g/mol. The van der Waals surface area contributed by atoms with E-state index in [-0.39, 0.29) is 11.1 Å². The van der Waals surface area contributed by atoms with E-state index >= 15 is 0 Å². The van der Waals surface area contributed by atoms with Crippen LogP contribution >= 0.6 is 11.8 Å². The molecule has 0 fully saturated rings. The third kappa shape index (κ3) is 3.94. The summed E-state index contributed by atoms with van der Waals surface area (Å²) in [5.41, 5.74) is 10.2. The lowest BCUT2D eigenvalue weighted by Gasteiger charge is -2.00. The fourth-order valence-electron chi connectivity index (χ4n) is 0.816. The standard InChI is InChI=1S/C7H12N6S/c8-6(9)12-7(10)14-4-3-13-2-1-11-5-13/h1-2,5H,3-4H2,(H5,8,9,10,12). The Morgan fingerprint density at radius 3 is 2.93 bits per heavy atom. The zero-order valence-electron chi connectivity index (χ0n) is 7.55. The molecule has 76 valence electrons. The summed E-state index contributed by atoms with van der Waals surface area (Å²) in [6.45, 7) is 0.785. The van der Waals surface area contributed by atoms with Crippen molar-refractivity contribution in [3.8, 4) is 0 Å². The highest BCUT2D eigenvalue weighted by Crippen LogP contribution is 2.04. The molecule has 6 nitrogen and oxygen atoms in total. The van der Waals surface area contributed by atoms with Gasteiger partial charge in [0.1, 0.15) is 0 Å². The van der Waals surface area contributed by atoms with Gasteiger partial charge in [0.25, 0.3) is 0 Å². The van der Waals surface area contributed by atoms with Crippen LogP contribution in [0.2, 0.25) is 0 Å². The molecule has 0 saturated carbocycles. The Morgan fingerprint density at radius 1 is 1.57 bits per heavy atom. The van der Waals surface area contributed by atoms with Crippen molar-refractivity contribution < 1.29 is 0 Å². The fourth-order valence-corrected chi connectivity index (χ4v) is 1.48. The molecule has 5 N–H and O–H groups in total. The summed E-state index contributed by atoms with van der Waals surface area (Å²) in [6, 6.07) is 0. The van der Waals surface area contributed by atoms with Crippen LogP contribution in [0.1, 0.15) is 0 Å². The monoisotopic (exact) mass is 212 g/mol. The van der Waals surface area contributed by atoms with Gasteiger partial charge in [0, 0.05) is 24.7 Å². The maximum atomic E-state index is 7.34. The summed E-state index contributed by atoms with van der Waals surface area (Å²) >= 11 is 1.29. The molecule has 1 heterocycles. The molecule has 1 aromatic heterocycles. The number of hydrogen-bond donors (Lipinski definition) is 3. The van der Waals surface area contributed by atoms with E-state index in [1.807, 2.05) is 10.8 Å². The van der Waals surface area contributed by atoms with Gasteiger partial charge in [0.05, 0.1) is 6.33 Å². The zero-order valence-corrected chi connectivity index (χ0v) is 8.37. The quantitative estimate of drug-likeness (QED) is 0.477. The first kappa shape index (κ1) is 10.6. The van der Waals surface area contributed by atoms with Crippen LogP contribution in [0.3, 0.4) is 0 Å². The maximum absolute atomic E-state index is 7.34. The molecule has 0 atom stereocenters. The van der Waals surface area contributed by atoms with Crippen molar-refractivity contribution in [1.82, 2.24) is 9.55 Å². The molecule has 0 aliphatic rings. The predicted molar refractivity (Wildman–Crippen MR) is 58.2 cm³/mol. The number of aryl methyl sites for hydroxylation is 1. The molecule has 0 saturated heterocycles. The number of aromatic nitrogens is 2. The van der Waals surface area contributed by atoms with Crippen LogP contribution < -0.4 is 11.5 Å². The van der Waals surface area contributed by atoms with E-state index in [0.29, 0.717) is 0 Å². The van der Waals surface area contributed by atoms with Crippen LogP contribution in [0.15, 0.2) is 23.7 Å². The predicted octanol–water partition coefficient (Wildman–Crippen LogP) is -0.176. The summed E-state index contributed by atoms with van der Waals surface area (Å²) in [4.78, 5) is 7.49. The van der Waals surface area contributed by atoms with Crippen molar-refractivity contribution in [3.63, 3.8) is 0 Å². The van der Waals surface area contributed by atoms with Crippen molar-refractivity contribution in [1.29, 1.82) is 5.41 Å². The van der Waals surface area contributed by atoms with Crippen LogP contribution in [0.4, 0.5) is 0 Å². The molecule has 0 unspecified atom stereocenters. The van der Waals surface area contributed by atoms with E-state index in [1.54, 1.807) is 12.5 Å². The molecule has 0 bridgehead atoms. The van der Waals surface area contributed by atoms with Gasteiger partial charge >= 0.3 is 0 Å². The third-order valence-electron chi connectivity index (χ3n) is 1.38. The number of guanidine groups is 1. The minimum atomic E-state index is -0.0786. The van der Waals surface area contributed by atoms with Crippen molar-refractivity contribution >= 4 is 22.9 Å². The summed E-state index contributed by atoms with van der Waals surface area (Å²) in [5, 5.41) is 7.47. The van der Waals surface area contributed by atoms with Crippen LogP contribution in [-0.4, -0.2) is 26.4 Å². The first-order valence-corrected chi connectivity index (χ1v) is 4.94. The largest absolute Gasteiger partial charge is 0.370 e. The van der Waals surface area contributed by atoms with Crippen LogP contribution in [0.25, 0.3) is 0 Å². The van der Waals surface area contributed by atoms with Gasteiger partial charge in [-0.25, -0.2) is 4.98 Å². The van der Waals surface area contributed by atoms with E-state index in [9.17, 15) is 0 Å². The number of aliphatic imine (C=N–C) groups is 1. The molecule has 7 heteroatoms. The van der Waals surface area contributed by atoms with Crippen LogP contribution in [0, 0.1) is 5.41 Å². The fraction of sp³-hybridized carbons (Fsp3) is 0.286. The number of nitrogens with zero attached hydrogens (tertiary/aromatic N) is 3. The average Bonchev–Trinajstić information content (AvgIpc) is 2.55. The molecule has 0 aliphatic heterocycles. The Bertz CT molecular complexity index is 313. The SMILES string of the molecule is N=C(N=C(N)N)SCCn1ccnc1. The van der Waals surface area contributed by atoms with E-state index in [4.69, 9.17) is 16.9 Å². The first-order valence-electron chi connectivity index (χ1n) is 3.95. The second-order valence-corrected chi connectivity index (χ2v) is 3.57. The number of rotatable bonds is 3. The van der Waals surface area contributed by atoms with Crippen LogP contribution in [-0.2, 0) is 6.54 Å². The average molecular weight is 212 g/mol. The third-order valence-corrected chi connectivity index (χ3v) is 2.13. The topological polar surface area (TPSA) is 106 Å². The van der Waals surface area contributed by atoms with Gasteiger partial charge in [0.15, 0.2) is 11.1 Å². The maximum Gasteiger partial charge on any atom is 0.193 e. The van der Waals surface area contributed by atoms with Gasteiger partial charge in [-0.15, -0.1) is 0 Å². The normalized spacial score (nSPS) is 9.71. The van der Waals surface area contributed by atoms with Gasteiger partial charge < -0.3 is 16.0 Å². The lowest BCUT2D eigenvalue weighted by Crippen LogP contribution is -2.23. The molecular formula is C7H12N6S. The lowest BCUT2D eigenvalue weighted by molar-refractivity contribution is 0.771. The number of nitrogens with one attached hydrogen (secondary N) is 1. The van der Waals surface area contributed by atoms with Crippen LogP contribution in [0.5, 0.6) is 0 Å². The molecule has 0 spiro atoms. The molecule has 0 amide bonds. The summed E-state index contributed by atoms with van der Waals surface area (Å²) in [7, 11) is 0. The number of nitrogens with two attached hydrogens (primary N) is 2. The van der Waals surface area contributed by atoms with Crippen molar-refractivity contribution in [3.05, 3.63) is 18.7 Å². The molecule has 1 rings (SSSR count). The minimum absolute atomic E-state index is 0.0786. The summed E-state index contributed by atoms with van der Waals surface area (Å²) in [6.07, 6.45) is 5.31. The van der Waals surface area contributed by atoms with Crippen molar-refractivity contribution in [2.75, 3.05) is 5.75 Å². The van der Waals surface area contributed by atoms with E-state index < -0.39 is 0 Å². The molecule has 0 aromatic carbocycles. The highest BCUT2D eigenvalue weighted by atomic mass is 32.2. The molecule has 0 aliphatic carbocycles. The Balaban J connectivity index is 2.22. The van der Waals surface area contributed by atoms with Gasteiger partial charge in [-0.3, -0.25) is 5.41 Å². The number of imidazole rings is 1. The van der Waals surface area contributed by atoms with Gasteiger partial charge in [0.2, 0.25) is 0 Å². The smallest absolute Gasteiger partial charge is 0.193 e. The Labute approximate surface area is 85.9 Å². The first-order chi connectivity index (χ1) is 6.68. The highest BCUT2D eigenvalue weighted by Gasteiger charge is 1.96. The van der Waals surface area contributed by atoms with Gasteiger partial charge in [-0.05, 0) is 0 Å². The Kier molecular flexibility index (Phi) is 3.99. The van der Waals surface area contributed by atoms with Gasteiger partial charge in [-0.2, -0.15) is 4.99 Å². The Morgan fingerprint density at radius 2 is 2.36 bits per heavy atom. The molecule has 1 aromatic rings. The summed E-state index contributed by atoms with van der Waals surface area (Å²) < 4.78 is 1.93. The summed E-state index contributed by atoms with van der Waals surface area (Å²) in [5.74, 6) is 0.663. The van der Waals surface area contributed by atoms with Gasteiger partial charge in [-0.1, -0.05) is 11.8 Å². The number of hydrogen-bond acceptors (Lipinski definition) is 3. The van der Waals surface area contributed by atoms with Crippen molar-refractivity contribution in [2.45, 2.75) is 6.54 Å². The van der Waals surface area contributed by atoms with E-state index in [2.05, 4.69) is 9.98 Å². The Hall–Kier alpha value is -1.50. The molecule has 0 radical (unpaired) electrons. The number of amidine groups is 1.